The molecule has 0 aromatic carbocycles. The molecule has 0 bridgehead atoms. The van der Waals surface area contributed by atoms with Gasteiger partial charge in [0.2, 0.25) is 0 Å². The first-order valence-electron chi connectivity index (χ1n) is 6.25. The largest absolute Gasteiger partial charge is 0.303 e. The summed E-state index contributed by atoms with van der Waals surface area (Å²) in [5.41, 5.74) is 0. The SMILES string of the molecule is CCN1CCC(N(C)C2CCC2)CC1. The zero-order chi connectivity index (χ0) is 9.97. The predicted octanol–water partition coefficient (Wildman–Crippen LogP) is 1.95. The first kappa shape index (κ1) is 10.4. The molecule has 2 rings (SSSR count). The van der Waals surface area contributed by atoms with Crippen molar-refractivity contribution in [3.8, 4) is 0 Å². The van der Waals surface area contributed by atoms with Crippen molar-refractivity contribution in [2.24, 2.45) is 0 Å². The summed E-state index contributed by atoms with van der Waals surface area (Å²) >= 11 is 0. The molecule has 0 N–H and O–H groups in total. The first-order chi connectivity index (χ1) is 6.81. The molecule has 1 heterocycles. The van der Waals surface area contributed by atoms with Crippen LogP contribution < -0.4 is 0 Å². The highest BCUT2D eigenvalue weighted by molar-refractivity contribution is 4.85. The standard InChI is InChI=1S/C12H24N2/c1-3-14-9-7-12(8-10-14)13(2)11-5-4-6-11/h11-12H,3-10H2,1-2H3. The number of piperidine rings is 1. The number of likely N-dealkylation sites (tertiary alicyclic amines) is 1. The van der Waals surface area contributed by atoms with Crippen LogP contribution in [0.1, 0.15) is 39.0 Å². The van der Waals surface area contributed by atoms with Crippen LogP contribution in [0.25, 0.3) is 0 Å². The minimum atomic E-state index is 0.878. The van der Waals surface area contributed by atoms with E-state index in [0.717, 1.165) is 12.1 Å². The molecule has 1 saturated heterocycles. The van der Waals surface area contributed by atoms with Gasteiger partial charge in [-0.15, -0.1) is 0 Å². The third-order valence-electron chi connectivity index (χ3n) is 4.23. The zero-order valence-electron chi connectivity index (χ0n) is 9.71. The van der Waals surface area contributed by atoms with Gasteiger partial charge in [-0.05, 0) is 52.4 Å². The van der Waals surface area contributed by atoms with E-state index in [0.29, 0.717) is 0 Å². The van der Waals surface area contributed by atoms with Gasteiger partial charge < -0.3 is 9.80 Å². The summed E-state index contributed by atoms with van der Waals surface area (Å²) in [6.07, 6.45) is 7.14. The molecule has 1 aliphatic heterocycles. The van der Waals surface area contributed by atoms with E-state index in [1.54, 1.807) is 0 Å². The second-order valence-corrected chi connectivity index (χ2v) is 4.92. The van der Waals surface area contributed by atoms with Crippen molar-refractivity contribution < 1.29 is 0 Å². The van der Waals surface area contributed by atoms with Gasteiger partial charge in [-0.2, -0.15) is 0 Å². The van der Waals surface area contributed by atoms with Crippen LogP contribution in [0.2, 0.25) is 0 Å². The van der Waals surface area contributed by atoms with Gasteiger partial charge in [-0.3, -0.25) is 0 Å². The Labute approximate surface area is 88.3 Å². The third kappa shape index (κ3) is 2.12. The van der Waals surface area contributed by atoms with Crippen molar-refractivity contribution in [2.75, 3.05) is 26.7 Å². The van der Waals surface area contributed by atoms with Crippen LogP contribution in [0.15, 0.2) is 0 Å². The average molecular weight is 196 g/mol. The van der Waals surface area contributed by atoms with Crippen molar-refractivity contribution in [1.29, 1.82) is 0 Å². The van der Waals surface area contributed by atoms with Crippen LogP contribution in [0.3, 0.4) is 0 Å². The molecule has 2 aliphatic rings. The summed E-state index contributed by atoms with van der Waals surface area (Å²) in [5, 5.41) is 0. The van der Waals surface area contributed by atoms with Crippen LogP contribution in [0.4, 0.5) is 0 Å². The molecular weight excluding hydrogens is 172 g/mol. The molecule has 2 fully saturated rings. The monoisotopic (exact) mass is 196 g/mol. The van der Waals surface area contributed by atoms with Gasteiger partial charge in [0, 0.05) is 12.1 Å². The molecule has 0 amide bonds. The lowest BCUT2D eigenvalue weighted by Crippen LogP contribution is -2.49. The van der Waals surface area contributed by atoms with E-state index in [9.17, 15) is 0 Å². The van der Waals surface area contributed by atoms with Gasteiger partial charge in [0.15, 0.2) is 0 Å². The molecule has 0 aromatic heterocycles. The van der Waals surface area contributed by atoms with Gasteiger partial charge >= 0.3 is 0 Å². The molecule has 0 spiro atoms. The maximum absolute atomic E-state index is 2.66. The molecular formula is C12H24N2. The molecule has 1 saturated carbocycles. The normalized spacial score (nSPS) is 26.8. The van der Waals surface area contributed by atoms with E-state index >= 15 is 0 Å². The topological polar surface area (TPSA) is 6.48 Å². The lowest BCUT2D eigenvalue weighted by Gasteiger charge is -2.43. The lowest BCUT2D eigenvalue weighted by atomic mass is 9.89. The number of hydrogen-bond acceptors (Lipinski definition) is 2. The smallest absolute Gasteiger partial charge is 0.0119 e. The summed E-state index contributed by atoms with van der Waals surface area (Å²) in [4.78, 5) is 5.24. The second-order valence-electron chi connectivity index (χ2n) is 4.92. The number of rotatable bonds is 3. The Kier molecular flexibility index (Phi) is 3.45. The Hall–Kier alpha value is -0.0800. The summed E-state index contributed by atoms with van der Waals surface area (Å²) in [6, 6.07) is 1.80. The minimum Gasteiger partial charge on any atom is -0.303 e. The molecule has 0 unspecified atom stereocenters. The zero-order valence-corrected chi connectivity index (χ0v) is 9.71. The van der Waals surface area contributed by atoms with Crippen molar-refractivity contribution in [3.63, 3.8) is 0 Å². The number of hydrogen-bond donors (Lipinski definition) is 0. The Balaban J connectivity index is 1.76. The van der Waals surface area contributed by atoms with E-state index in [1.807, 2.05) is 0 Å². The predicted molar refractivity (Wildman–Crippen MR) is 60.5 cm³/mol. The van der Waals surface area contributed by atoms with Crippen molar-refractivity contribution >= 4 is 0 Å². The Bertz CT molecular complexity index is 169. The van der Waals surface area contributed by atoms with Gasteiger partial charge in [0.05, 0.1) is 0 Å². The highest BCUT2D eigenvalue weighted by atomic mass is 15.2. The fraction of sp³-hybridized carbons (Fsp3) is 1.00. The van der Waals surface area contributed by atoms with Crippen molar-refractivity contribution in [3.05, 3.63) is 0 Å². The number of nitrogens with zero attached hydrogens (tertiary/aromatic N) is 2. The average Bonchev–Trinajstić information content (AvgIpc) is 2.15. The molecule has 1 aliphatic carbocycles. The maximum Gasteiger partial charge on any atom is 0.0119 e. The van der Waals surface area contributed by atoms with Crippen LogP contribution in [-0.4, -0.2) is 48.6 Å². The Morgan fingerprint density at radius 2 is 1.64 bits per heavy atom. The van der Waals surface area contributed by atoms with Crippen molar-refractivity contribution in [1.82, 2.24) is 9.80 Å². The summed E-state index contributed by atoms with van der Waals surface area (Å²) in [6.45, 7) is 6.15. The molecule has 2 heteroatoms. The highest BCUT2D eigenvalue weighted by Crippen LogP contribution is 2.28. The van der Waals surface area contributed by atoms with Crippen LogP contribution in [-0.2, 0) is 0 Å². The molecule has 0 atom stereocenters. The van der Waals surface area contributed by atoms with E-state index in [4.69, 9.17) is 0 Å². The quantitative estimate of drug-likeness (QED) is 0.681. The maximum atomic E-state index is 2.66. The fourth-order valence-corrected chi connectivity index (χ4v) is 2.73. The third-order valence-corrected chi connectivity index (χ3v) is 4.23. The molecule has 14 heavy (non-hydrogen) atoms. The summed E-state index contributed by atoms with van der Waals surface area (Å²) < 4.78 is 0. The summed E-state index contributed by atoms with van der Waals surface area (Å²) in [7, 11) is 2.34. The molecule has 2 nitrogen and oxygen atoms in total. The lowest BCUT2D eigenvalue weighted by molar-refractivity contribution is 0.0650. The Morgan fingerprint density at radius 1 is 1.07 bits per heavy atom. The van der Waals surface area contributed by atoms with E-state index < -0.39 is 0 Å². The minimum absolute atomic E-state index is 0.878. The van der Waals surface area contributed by atoms with Crippen LogP contribution >= 0.6 is 0 Å². The van der Waals surface area contributed by atoms with Gasteiger partial charge in [-0.1, -0.05) is 13.3 Å². The van der Waals surface area contributed by atoms with E-state index in [2.05, 4.69) is 23.8 Å². The second kappa shape index (κ2) is 4.63. The Morgan fingerprint density at radius 3 is 2.07 bits per heavy atom. The van der Waals surface area contributed by atoms with E-state index in [1.165, 1.54) is 51.7 Å². The highest BCUT2D eigenvalue weighted by Gasteiger charge is 2.29. The molecule has 82 valence electrons. The van der Waals surface area contributed by atoms with Gasteiger partial charge in [0.1, 0.15) is 0 Å². The fourth-order valence-electron chi connectivity index (χ4n) is 2.73. The van der Waals surface area contributed by atoms with Gasteiger partial charge in [-0.25, -0.2) is 0 Å². The van der Waals surface area contributed by atoms with E-state index in [-0.39, 0.29) is 0 Å². The first-order valence-corrected chi connectivity index (χ1v) is 6.25. The van der Waals surface area contributed by atoms with Crippen LogP contribution in [0, 0.1) is 0 Å². The molecule has 0 radical (unpaired) electrons. The van der Waals surface area contributed by atoms with Gasteiger partial charge in [0.25, 0.3) is 0 Å². The van der Waals surface area contributed by atoms with Crippen LogP contribution in [0.5, 0.6) is 0 Å². The summed E-state index contributed by atoms with van der Waals surface area (Å²) in [5.74, 6) is 0. The van der Waals surface area contributed by atoms with Crippen molar-refractivity contribution in [2.45, 2.75) is 51.1 Å². The molecule has 0 aromatic rings.